The molecule has 164 valence electrons. The van der Waals surface area contributed by atoms with E-state index in [1.54, 1.807) is 40.6 Å². The number of aromatic nitrogens is 1. The summed E-state index contributed by atoms with van der Waals surface area (Å²) in [7, 11) is 6.32. The Kier molecular flexibility index (Phi) is 7.57. The molecule has 0 bridgehead atoms. The van der Waals surface area contributed by atoms with Gasteiger partial charge in [0.15, 0.2) is 17.3 Å². The maximum absolute atomic E-state index is 12.9. The summed E-state index contributed by atoms with van der Waals surface area (Å²) < 4.78 is 26.9. The molecule has 8 nitrogen and oxygen atoms in total. The van der Waals surface area contributed by atoms with Crippen LogP contribution in [0.4, 0.5) is 0 Å². The number of nitrogens with zero attached hydrogens (tertiary/aromatic N) is 2. The number of carbonyl (C=O) groups is 1. The quantitative estimate of drug-likeness (QED) is 0.584. The molecule has 0 unspecified atom stereocenters. The molecule has 1 aliphatic rings. The molecule has 1 heterocycles. The predicted molar refractivity (Wildman–Crippen MR) is 111 cm³/mol. The summed E-state index contributed by atoms with van der Waals surface area (Å²) in [6.45, 7) is 1.39. The summed E-state index contributed by atoms with van der Waals surface area (Å²) in [6, 6.07) is 5.44. The lowest BCUT2D eigenvalue weighted by Crippen LogP contribution is -2.37. The van der Waals surface area contributed by atoms with Gasteiger partial charge in [-0.05, 0) is 25.0 Å². The van der Waals surface area contributed by atoms with Crippen LogP contribution in [0.1, 0.15) is 31.4 Å². The maximum Gasteiger partial charge on any atom is 0.226 e. The fourth-order valence-corrected chi connectivity index (χ4v) is 3.84. The monoisotopic (exact) mass is 418 g/mol. The van der Waals surface area contributed by atoms with Gasteiger partial charge in [-0.25, -0.2) is 0 Å². The van der Waals surface area contributed by atoms with Crippen LogP contribution in [0.15, 0.2) is 22.7 Å². The van der Waals surface area contributed by atoms with Gasteiger partial charge in [-0.15, -0.1) is 0 Å². The first kappa shape index (κ1) is 22.0. The van der Waals surface area contributed by atoms with Crippen molar-refractivity contribution in [2.75, 3.05) is 41.6 Å². The summed E-state index contributed by atoms with van der Waals surface area (Å²) in [5.74, 6) is 2.40. The summed E-state index contributed by atoms with van der Waals surface area (Å²) in [4.78, 5) is 14.8. The molecular formula is C22H30N2O6. The van der Waals surface area contributed by atoms with Gasteiger partial charge in [-0.2, -0.15) is 0 Å². The highest BCUT2D eigenvalue weighted by Gasteiger charge is 2.28. The topological polar surface area (TPSA) is 83.3 Å². The largest absolute Gasteiger partial charge is 0.493 e. The molecule has 0 saturated heterocycles. The highest BCUT2D eigenvalue weighted by Crippen LogP contribution is 2.41. The van der Waals surface area contributed by atoms with Gasteiger partial charge in [0.2, 0.25) is 11.7 Å². The minimum absolute atomic E-state index is 0.100. The van der Waals surface area contributed by atoms with E-state index in [1.807, 2.05) is 11.0 Å². The van der Waals surface area contributed by atoms with Crippen LogP contribution in [0.3, 0.4) is 0 Å². The smallest absolute Gasteiger partial charge is 0.226 e. The van der Waals surface area contributed by atoms with Crippen LogP contribution in [0, 0.1) is 5.92 Å². The fourth-order valence-electron chi connectivity index (χ4n) is 3.84. The second kappa shape index (κ2) is 10.3. The van der Waals surface area contributed by atoms with Crippen molar-refractivity contribution in [2.24, 2.45) is 5.92 Å². The number of hydrogen-bond donors (Lipinski definition) is 0. The average molecular weight is 418 g/mol. The zero-order valence-corrected chi connectivity index (χ0v) is 18.1. The lowest BCUT2D eigenvalue weighted by atomic mass is 10.1. The van der Waals surface area contributed by atoms with Crippen molar-refractivity contribution in [3.8, 4) is 28.6 Å². The van der Waals surface area contributed by atoms with Crippen LogP contribution >= 0.6 is 0 Å². The number of ether oxygens (including phenoxy) is 4. The van der Waals surface area contributed by atoms with Crippen LogP contribution in [0.5, 0.6) is 17.2 Å². The normalized spacial score (nSPS) is 14.0. The molecule has 2 aromatic rings. The van der Waals surface area contributed by atoms with Crippen molar-refractivity contribution in [3.05, 3.63) is 23.9 Å². The minimum Gasteiger partial charge on any atom is -0.493 e. The molecular weight excluding hydrogens is 388 g/mol. The molecule has 1 amide bonds. The van der Waals surface area contributed by atoms with Gasteiger partial charge in [0, 0.05) is 31.2 Å². The first-order valence-electron chi connectivity index (χ1n) is 10.1. The van der Waals surface area contributed by atoms with Gasteiger partial charge < -0.3 is 28.4 Å². The Morgan fingerprint density at radius 1 is 1.07 bits per heavy atom. The molecule has 1 saturated carbocycles. The summed E-state index contributed by atoms with van der Waals surface area (Å²) >= 11 is 0. The molecule has 1 aliphatic carbocycles. The van der Waals surface area contributed by atoms with E-state index in [0.29, 0.717) is 48.4 Å². The van der Waals surface area contributed by atoms with E-state index in [9.17, 15) is 4.79 Å². The zero-order chi connectivity index (χ0) is 21.5. The summed E-state index contributed by atoms with van der Waals surface area (Å²) in [5.41, 5.74) is 1.43. The maximum atomic E-state index is 12.9. The van der Waals surface area contributed by atoms with E-state index < -0.39 is 0 Å². The molecule has 8 heteroatoms. The fraction of sp³-hybridized carbons (Fsp3) is 0.545. The van der Waals surface area contributed by atoms with Crippen molar-refractivity contribution >= 4 is 5.91 Å². The van der Waals surface area contributed by atoms with Crippen molar-refractivity contribution in [1.29, 1.82) is 0 Å². The number of rotatable bonds is 10. The van der Waals surface area contributed by atoms with Gasteiger partial charge in [0.25, 0.3) is 0 Å². The highest BCUT2D eigenvalue weighted by atomic mass is 16.5. The molecule has 1 aromatic carbocycles. The Balaban J connectivity index is 1.81. The van der Waals surface area contributed by atoms with Crippen molar-refractivity contribution in [1.82, 2.24) is 10.1 Å². The first-order chi connectivity index (χ1) is 14.6. The van der Waals surface area contributed by atoms with Gasteiger partial charge in [-0.1, -0.05) is 18.0 Å². The molecule has 0 radical (unpaired) electrons. The summed E-state index contributed by atoms with van der Waals surface area (Å²) in [6.07, 6.45) is 4.14. The second-order valence-electron chi connectivity index (χ2n) is 7.33. The summed E-state index contributed by atoms with van der Waals surface area (Å²) in [5, 5.41) is 4.18. The Labute approximate surface area is 177 Å². The molecule has 1 aromatic heterocycles. The number of amides is 1. The van der Waals surface area contributed by atoms with E-state index in [1.165, 1.54) is 0 Å². The number of methoxy groups -OCH3 is 4. The van der Waals surface area contributed by atoms with Gasteiger partial charge >= 0.3 is 0 Å². The standard InChI is InChI=1S/C22H30N2O6/c1-26-10-9-24(22(25)15-7-5-6-8-15)14-17-13-18(30-23-17)16-11-19(27-2)21(29-4)20(12-16)28-3/h11-13,15H,5-10,14H2,1-4H3. The second-order valence-corrected chi connectivity index (χ2v) is 7.33. The van der Waals surface area contributed by atoms with Crippen LogP contribution in [-0.2, 0) is 16.1 Å². The number of carbonyl (C=O) groups excluding carboxylic acids is 1. The van der Waals surface area contributed by atoms with Gasteiger partial charge in [0.05, 0.1) is 34.5 Å². The number of hydrogen-bond acceptors (Lipinski definition) is 7. The third-order valence-electron chi connectivity index (χ3n) is 5.44. The van der Waals surface area contributed by atoms with Gasteiger partial charge in [0.1, 0.15) is 5.69 Å². The van der Waals surface area contributed by atoms with E-state index >= 15 is 0 Å². The van der Waals surface area contributed by atoms with Crippen molar-refractivity contribution in [3.63, 3.8) is 0 Å². The van der Waals surface area contributed by atoms with E-state index in [4.69, 9.17) is 23.5 Å². The van der Waals surface area contributed by atoms with E-state index in [-0.39, 0.29) is 11.8 Å². The number of benzene rings is 1. The van der Waals surface area contributed by atoms with Crippen LogP contribution in [-0.4, -0.2) is 57.6 Å². The molecule has 1 fully saturated rings. The Morgan fingerprint density at radius 2 is 1.73 bits per heavy atom. The Morgan fingerprint density at radius 3 is 2.30 bits per heavy atom. The Bertz CT molecular complexity index is 819. The zero-order valence-electron chi connectivity index (χ0n) is 18.1. The predicted octanol–water partition coefficient (Wildman–Crippen LogP) is 3.53. The molecule has 30 heavy (non-hydrogen) atoms. The first-order valence-corrected chi connectivity index (χ1v) is 10.1. The minimum atomic E-state index is 0.100. The van der Waals surface area contributed by atoms with Gasteiger partial charge in [-0.3, -0.25) is 4.79 Å². The van der Waals surface area contributed by atoms with Crippen LogP contribution in [0.25, 0.3) is 11.3 Å². The molecule has 3 rings (SSSR count). The molecule has 0 spiro atoms. The van der Waals surface area contributed by atoms with Crippen LogP contribution in [0.2, 0.25) is 0 Å². The SMILES string of the molecule is COCCN(Cc1cc(-c2cc(OC)c(OC)c(OC)c2)on1)C(=O)C1CCCC1. The van der Waals surface area contributed by atoms with E-state index in [2.05, 4.69) is 5.16 Å². The van der Waals surface area contributed by atoms with Crippen molar-refractivity contribution in [2.45, 2.75) is 32.2 Å². The van der Waals surface area contributed by atoms with E-state index in [0.717, 1.165) is 31.2 Å². The van der Waals surface area contributed by atoms with Crippen molar-refractivity contribution < 1.29 is 28.3 Å². The molecule has 0 atom stereocenters. The Hall–Kier alpha value is -2.74. The molecule has 0 N–H and O–H groups in total. The third kappa shape index (κ3) is 4.87. The molecule has 0 aliphatic heterocycles. The third-order valence-corrected chi connectivity index (χ3v) is 5.44. The average Bonchev–Trinajstić information content (AvgIpc) is 3.47. The lowest BCUT2D eigenvalue weighted by molar-refractivity contribution is -0.136. The highest BCUT2D eigenvalue weighted by molar-refractivity contribution is 5.79. The van der Waals surface area contributed by atoms with Crippen LogP contribution < -0.4 is 14.2 Å². The lowest BCUT2D eigenvalue weighted by Gasteiger charge is -2.24.